The molecule has 7 nitrogen and oxygen atoms in total. The normalized spacial score (nSPS) is 18.4. The zero-order valence-electron chi connectivity index (χ0n) is 11.9. The summed E-state index contributed by atoms with van der Waals surface area (Å²) in [4.78, 5) is 25.1. The molecule has 3 rings (SSSR count). The minimum Gasteiger partial charge on any atom is -0.493 e. The fraction of sp³-hybridized carbons (Fsp3) is 0.333. The Hall–Kier alpha value is -2.54. The number of aliphatic carboxylic acids is 1. The van der Waals surface area contributed by atoms with Gasteiger partial charge in [-0.3, -0.25) is 4.79 Å². The summed E-state index contributed by atoms with van der Waals surface area (Å²) in [5.74, 6) is -0.948. The molecule has 116 valence electrons. The smallest absolute Gasteiger partial charge is 0.328 e. The second-order valence-corrected chi connectivity index (χ2v) is 4.92. The van der Waals surface area contributed by atoms with Crippen LogP contribution in [-0.2, 0) is 9.53 Å². The second-order valence-electron chi connectivity index (χ2n) is 4.92. The molecule has 1 aromatic carbocycles. The fourth-order valence-corrected chi connectivity index (χ4v) is 2.50. The molecule has 22 heavy (non-hydrogen) atoms. The van der Waals surface area contributed by atoms with E-state index in [1.165, 1.54) is 12.0 Å². The minimum atomic E-state index is -1.10. The van der Waals surface area contributed by atoms with Crippen molar-refractivity contribution < 1.29 is 28.6 Å². The number of carbonyl (C=O) groups is 2. The quantitative estimate of drug-likeness (QED) is 0.921. The van der Waals surface area contributed by atoms with E-state index in [2.05, 4.69) is 0 Å². The molecule has 0 radical (unpaired) electrons. The van der Waals surface area contributed by atoms with Crippen molar-refractivity contribution in [2.45, 2.75) is 6.04 Å². The van der Waals surface area contributed by atoms with Crippen LogP contribution < -0.4 is 4.74 Å². The number of hydrogen-bond donors (Lipinski definition) is 1. The number of furan rings is 1. The molecule has 0 aliphatic carbocycles. The third-order valence-electron chi connectivity index (χ3n) is 3.61. The molecule has 1 aliphatic rings. The highest BCUT2D eigenvalue weighted by Crippen LogP contribution is 2.29. The predicted molar refractivity (Wildman–Crippen MR) is 76.0 cm³/mol. The molecule has 1 aliphatic heterocycles. The van der Waals surface area contributed by atoms with Crippen molar-refractivity contribution in [1.82, 2.24) is 4.90 Å². The lowest BCUT2D eigenvalue weighted by Crippen LogP contribution is -2.52. The van der Waals surface area contributed by atoms with Crippen molar-refractivity contribution in [3.05, 3.63) is 30.0 Å². The summed E-state index contributed by atoms with van der Waals surface area (Å²) < 4.78 is 15.9. The highest BCUT2D eigenvalue weighted by Gasteiger charge is 2.34. The van der Waals surface area contributed by atoms with E-state index >= 15 is 0 Å². The molecule has 1 aromatic heterocycles. The van der Waals surface area contributed by atoms with E-state index in [4.69, 9.17) is 13.9 Å². The maximum Gasteiger partial charge on any atom is 0.328 e. The molecule has 0 saturated carbocycles. The predicted octanol–water partition coefficient (Wildman–Crippen LogP) is 1.37. The van der Waals surface area contributed by atoms with Gasteiger partial charge >= 0.3 is 5.97 Å². The van der Waals surface area contributed by atoms with Crippen molar-refractivity contribution in [2.24, 2.45) is 0 Å². The maximum atomic E-state index is 12.6. The summed E-state index contributed by atoms with van der Waals surface area (Å²) in [7, 11) is 1.52. The molecular formula is C15H15NO6. The molecule has 1 fully saturated rings. The molecule has 2 aromatic rings. The number of rotatable bonds is 3. The number of amides is 1. The summed E-state index contributed by atoms with van der Waals surface area (Å²) >= 11 is 0. The number of nitrogens with zero attached hydrogens (tertiary/aromatic N) is 1. The monoisotopic (exact) mass is 305 g/mol. The number of morpholine rings is 1. The highest BCUT2D eigenvalue weighted by molar-refractivity contribution is 5.99. The van der Waals surface area contributed by atoms with Gasteiger partial charge in [-0.2, -0.15) is 0 Å². The third kappa shape index (κ3) is 2.39. The van der Waals surface area contributed by atoms with Gasteiger partial charge in [0.05, 0.1) is 20.3 Å². The first-order chi connectivity index (χ1) is 10.6. The number of carboxylic acid groups (broad SMARTS) is 1. The molecule has 1 atom stereocenters. The van der Waals surface area contributed by atoms with Gasteiger partial charge in [0.15, 0.2) is 23.1 Å². The standard InChI is InChI=1S/C15H15NO6/c1-20-11-4-2-3-9-7-12(22-13(9)11)14(17)16-5-6-21-8-10(16)15(18)19/h2-4,7,10H,5-6,8H2,1H3,(H,18,19)/t10-/m1/s1. The Morgan fingerprint density at radius 2 is 2.23 bits per heavy atom. The average Bonchev–Trinajstić information content (AvgIpc) is 2.98. The number of hydrogen-bond acceptors (Lipinski definition) is 5. The van der Waals surface area contributed by atoms with Crippen LogP contribution in [-0.4, -0.2) is 54.8 Å². The van der Waals surface area contributed by atoms with Gasteiger partial charge in [0.25, 0.3) is 5.91 Å². The molecule has 2 heterocycles. The van der Waals surface area contributed by atoms with Gasteiger partial charge in [-0.25, -0.2) is 4.79 Å². The Labute approximate surface area is 126 Å². The molecule has 7 heteroatoms. The number of carbonyl (C=O) groups excluding carboxylic acids is 1. The number of methoxy groups -OCH3 is 1. The summed E-state index contributed by atoms with van der Waals surface area (Å²) in [5, 5.41) is 9.93. The van der Waals surface area contributed by atoms with Gasteiger partial charge in [0.1, 0.15) is 0 Å². The Morgan fingerprint density at radius 1 is 1.41 bits per heavy atom. The van der Waals surface area contributed by atoms with Crippen LogP contribution in [0.3, 0.4) is 0 Å². The Morgan fingerprint density at radius 3 is 2.95 bits per heavy atom. The summed E-state index contributed by atoms with van der Waals surface area (Å²) in [5.41, 5.74) is 0.466. The van der Waals surface area contributed by atoms with E-state index in [0.29, 0.717) is 17.9 Å². The van der Waals surface area contributed by atoms with Crippen molar-refractivity contribution in [1.29, 1.82) is 0 Å². The van der Waals surface area contributed by atoms with Gasteiger partial charge in [0, 0.05) is 11.9 Å². The molecule has 1 amide bonds. The van der Waals surface area contributed by atoms with E-state index in [1.54, 1.807) is 24.3 Å². The topological polar surface area (TPSA) is 89.2 Å². The zero-order valence-corrected chi connectivity index (χ0v) is 11.9. The van der Waals surface area contributed by atoms with Gasteiger partial charge in [-0.1, -0.05) is 12.1 Å². The molecule has 0 unspecified atom stereocenters. The number of fused-ring (bicyclic) bond motifs is 1. The summed E-state index contributed by atoms with van der Waals surface area (Å²) in [6.07, 6.45) is 0. The van der Waals surface area contributed by atoms with Crippen molar-refractivity contribution in [3.8, 4) is 5.75 Å². The Balaban J connectivity index is 1.96. The van der Waals surface area contributed by atoms with Crippen LogP contribution in [0.4, 0.5) is 0 Å². The Bertz CT molecular complexity index is 722. The van der Waals surface area contributed by atoms with Crippen LogP contribution in [0.1, 0.15) is 10.6 Å². The third-order valence-corrected chi connectivity index (χ3v) is 3.61. The van der Waals surface area contributed by atoms with Crippen LogP contribution in [0, 0.1) is 0 Å². The average molecular weight is 305 g/mol. The van der Waals surface area contributed by atoms with Crippen molar-refractivity contribution >= 4 is 22.8 Å². The zero-order chi connectivity index (χ0) is 15.7. The highest BCUT2D eigenvalue weighted by atomic mass is 16.5. The van der Waals surface area contributed by atoms with Gasteiger partial charge in [-0.15, -0.1) is 0 Å². The summed E-state index contributed by atoms with van der Waals surface area (Å²) in [6, 6.07) is 5.91. The van der Waals surface area contributed by atoms with E-state index < -0.39 is 17.9 Å². The number of carboxylic acids is 1. The number of benzene rings is 1. The van der Waals surface area contributed by atoms with Gasteiger partial charge < -0.3 is 23.9 Å². The van der Waals surface area contributed by atoms with Gasteiger partial charge in [-0.05, 0) is 12.1 Å². The molecular weight excluding hydrogens is 290 g/mol. The lowest BCUT2D eigenvalue weighted by atomic mass is 10.2. The first-order valence-corrected chi connectivity index (χ1v) is 6.80. The molecule has 1 N–H and O–H groups in total. The van der Waals surface area contributed by atoms with E-state index in [0.717, 1.165) is 5.39 Å². The Kier molecular flexibility index (Phi) is 3.72. The van der Waals surface area contributed by atoms with Crippen LogP contribution in [0.2, 0.25) is 0 Å². The number of para-hydroxylation sites is 1. The van der Waals surface area contributed by atoms with Crippen LogP contribution >= 0.6 is 0 Å². The summed E-state index contributed by atoms with van der Waals surface area (Å²) in [6.45, 7) is 0.494. The SMILES string of the molecule is COc1cccc2cc(C(=O)N3CCOC[C@@H]3C(=O)O)oc12. The van der Waals surface area contributed by atoms with Crippen molar-refractivity contribution in [3.63, 3.8) is 0 Å². The van der Waals surface area contributed by atoms with Crippen LogP contribution in [0.15, 0.2) is 28.7 Å². The largest absolute Gasteiger partial charge is 0.493 e. The minimum absolute atomic E-state index is 0.0232. The second kappa shape index (κ2) is 5.69. The van der Waals surface area contributed by atoms with Crippen LogP contribution in [0.25, 0.3) is 11.0 Å². The van der Waals surface area contributed by atoms with Crippen molar-refractivity contribution in [2.75, 3.05) is 26.9 Å². The van der Waals surface area contributed by atoms with Gasteiger partial charge in [0.2, 0.25) is 0 Å². The lowest BCUT2D eigenvalue weighted by molar-refractivity contribution is -0.147. The molecule has 0 spiro atoms. The molecule has 1 saturated heterocycles. The maximum absolute atomic E-state index is 12.6. The number of ether oxygens (including phenoxy) is 2. The lowest BCUT2D eigenvalue weighted by Gasteiger charge is -2.32. The van der Waals surface area contributed by atoms with Crippen LogP contribution in [0.5, 0.6) is 5.75 Å². The fourth-order valence-electron chi connectivity index (χ4n) is 2.50. The first kappa shape index (κ1) is 14.4. The van der Waals surface area contributed by atoms with E-state index in [1.807, 2.05) is 0 Å². The van der Waals surface area contributed by atoms with E-state index in [9.17, 15) is 14.7 Å². The van der Waals surface area contributed by atoms with E-state index in [-0.39, 0.29) is 18.9 Å². The molecule has 0 bridgehead atoms. The first-order valence-electron chi connectivity index (χ1n) is 6.80.